The minimum atomic E-state index is -4.34. The number of alkyl halides is 3. The van der Waals surface area contributed by atoms with Crippen molar-refractivity contribution in [3.63, 3.8) is 0 Å². The highest BCUT2D eigenvalue weighted by atomic mass is 19.4. The van der Waals surface area contributed by atoms with Crippen molar-refractivity contribution in [1.82, 2.24) is 0 Å². The van der Waals surface area contributed by atoms with Crippen LogP contribution in [-0.2, 0) is 22.1 Å². The van der Waals surface area contributed by atoms with E-state index < -0.39 is 11.7 Å². The van der Waals surface area contributed by atoms with Crippen molar-refractivity contribution in [2.24, 2.45) is 0 Å². The number of nitrogens with one attached hydrogen (secondary N) is 1. The molecule has 27 heavy (non-hydrogen) atoms. The summed E-state index contributed by atoms with van der Waals surface area (Å²) in [5.74, 6) is -0.222. The Bertz CT molecular complexity index is 785. The van der Waals surface area contributed by atoms with Crippen molar-refractivity contribution in [2.45, 2.75) is 25.9 Å². The second-order valence-electron chi connectivity index (χ2n) is 5.91. The molecule has 6 heteroatoms. The third-order valence-electron chi connectivity index (χ3n) is 3.80. The van der Waals surface area contributed by atoms with Crippen LogP contribution >= 0.6 is 0 Å². The summed E-state index contributed by atoms with van der Waals surface area (Å²) in [5, 5.41) is 3.19. The highest BCUT2D eigenvalue weighted by molar-refractivity contribution is 5.69. The summed E-state index contributed by atoms with van der Waals surface area (Å²) in [6, 6.07) is 12.8. The Morgan fingerprint density at radius 1 is 1.15 bits per heavy atom. The van der Waals surface area contributed by atoms with E-state index in [1.807, 2.05) is 24.3 Å². The third-order valence-corrected chi connectivity index (χ3v) is 3.80. The number of esters is 1. The molecule has 3 nitrogen and oxygen atoms in total. The number of ether oxygens (including phenoxy) is 1. The molecule has 2 aromatic rings. The monoisotopic (exact) mass is 377 g/mol. The summed E-state index contributed by atoms with van der Waals surface area (Å²) in [6.45, 7) is 2.62. The Labute approximate surface area is 156 Å². The topological polar surface area (TPSA) is 38.3 Å². The molecule has 0 bridgehead atoms. The fourth-order valence-electron chi connectivity index (χ4n) is 2.51. The van der Waals surface area contributed by atoms with Gasteiger partial charge in [-0.2, -0.15) is 13.2 Å². The summed E-state index contributed by atoms with van der Waals surface area (Å²) in [7, 11) is 0. The Morgan fingerprint density at radius 2 is 1.93 bits per heavy atom. The van der Waals surface area contributed by atoms with E-state index in [0.717, 1.165) is 23.4 Å². The SMILES string of the molecule is CCOC(=O)CCc1cccc(NCC=Cc2cccc(C(F)(F)F)c2)c1. The zero-order chi connectivity index (χ0) is 19.7. The van der Waals surface area contributed by atoms with Gasteiger partial charge in [0.15, 0.2) is 0 Å². The number of carbonyl (C=O) groups is 1. The van der Waals surface area contributed by atoms with Crippen LogP contribution in [0.5, 0.6) is 0 Å². The minimum Gasteiger partial charge on any atom is -0.466 e. The van der Waals surface area contributed by atoms with Crippen molar-refractivity contribution in [3.8, 4) is 0 Å². The number of carbonyl (C=O) groups excluding carboxylic acids is 1. The lowest BCUT2D eigenvalue weighted by atomic mass is 10.1. The average molecular weight is 377 g/mol. The lowest BCUT2D eigenvalue weighted by molar-refractivity contribution is -0.143. The van der Waals surface area contributed by atoms with Crippen molar-refractivity contribution < 1.29 is 22.7 Å². The van der Waals surface area contributed by atoms with Crippen molar-refractivity contribution >= 4 is 17.7 Å². The van der Waals surface area contributed by atoms with E-state index in [2.05, 4.69) is 5.32 Å². The zero-order valence-electron chi connectivity index (χ0n) is 15.1. The molecule has 0 spiro atoms. The molecule has 0 aliphatic rings. The van der Waals surface area contributed by atoms with Crippen molar-refractivity contribution in [3.05, 3.63) is 71.3 Å². The summed E-state index contributed by atoms with van der Waals surface area (Å²) in [4.78, 5) is 11.4. The number of benzene rings is 2. The summed E-state index contributed by atoms with van der Waals surface area (Å²) in [6.07, 6.45) is -0.0130. The molecule has 2 aromatic carbocycles. The molecule has 0 saturated carbocycles. The predicted octanol–water partition coefficient (Wildman–Crippen LogP) is 5.33. The highest BCUT2D eigenvalue weighted by Gasteiger charge is 2.30. The number of hydrogen-bond acceptors (Lipinski definition) is 3. The lowest BCUT2D eigenvalue weighted by Crippen LogP contribution is -2.05. The van der Waals surface area contributed by atoms with Crippen LogP contribution in [0.4, 0.5) is 18.9 Å². The molecule has 2 rings (SSSR count). The van der Waals surface area contributed by atoms with Gasteiger partial charge in [-0.1, -0.05) is 36.4 Å². The second kappa shape index (κ2) is 9.80. The van der Waals surface area contributed by atoms with E-state index in [9.17, 15) is 18.0 Å². The molecule has 1 N–H and O–H groups in total. The molecular weight excluding hydrogens is 355 g/mol. The maximum atomic E-state index is 12.7. The van der Waals surface area contributed by atoms with Gasteiger partial charge in [0, 0.05) is 18.7 Å². The van der Waals surface area contributed by atoms with Gasteiger partial charge >= 0.3 is 12.1 Å². The second-order valence-corrected chi connectivity index (χ2v) is 5.91. The van der Waals surface area contributed by atoms with Crippen LogP contribution in [0.3, 0.4) is 0 Å². The first-order valence-corrected chi connectivity index (χ1v) is 8.70. The highest BCUT2D eigenvalue weighted by Crippen LogP contribution is 2.29. The molecule has 0 heterocycles. The molecule has 0 fully saturated rings. The Kier molecular flexibility index (Phi) is 7.46. The number of halogens is 3. The molecule has 0 radical (unpaired) electrons. The Morgan fingerprint density at radius 3 is 2.67 bits per heavy atom. The van der Waals surface area contributed by atoms with E-state index in [0.29, 0.717) is 31.6 Å². The fourth-order valence-corrected chi connectivity index (χ4v) is 2.51. The van der Waals surface area contributed by atoms with Crippen LogP contribution in [-0.4, -0.2) is 19.1 Å². The van der Waals surface area contributed by atoms with E-state index in [4.69, 9.17) is 4.74 Å². The van der Waals surface area contributed by atoms with Gasteiger partial charge in [-0.05, 0) is 48.7 Å². The molecule has 0 atom stereocenters. The number of hydrogen-bond donors (Lipinski definition) is 1. The number of anilines is 1. The lowest BCUT2D eigenvalue weighted by Gasteiger charge is -2.08. The number of aryl methyl sites for hydroxylation is 1. The van der Waals surface area contributed by atoms with Crippen LogP contribution in [0, 0.1) is 0 Å². The molecular formula is C21H22F3NO2. The van der Waals surface area contributed by atoms with Crippen molar-refractivity contribution in [2.75, 3.05) is 18.5 Å². The summed E-state index contributed by atoms with van der Waals surface area (Å²) < 4.78 is 43.0. The van der Waals surface area contributed by atoms with Gasteiger partial charge in [0.1, 0.15) is 0 Å². The average Bonchev–Trinajstić information content (AvgIpc) is 2.64. The van der Waals surface area contributed by atoms with Gasteiger partial charge < -0.3 is 10.1 Å². The summed E-state index contributed by atoms with van der Waals surface area (Å²) in [5.41, 5.74) is 1.72. The normalized spacial score (nSPS) is 11.6. The zero-order valence-corrected chi connectivity index (χ0v) is 15.1. The fraction of sp³-hybridized carbons (Fsp3) is 0.286. The van der Waals surface area contributed by atoms with Crippen LogP contribution < -0.4 is 5.32 Å². The first kappa shape index (κ1) is 20.6. The van der Waals surface area contributed by atoms with Crippen molar-refractivity contribution in [1.29, 1.82) is 0 Å². The van der Waals surface area contributed by atoms with E-state index in [-0.39, 0.29) is 5.97 Å². The predicted molar refractivity (Wildman–Crippen MR) is 100 cm³/mol. The van der Waals surface area contributed by atoms with Gasteiger partial charge in [0.05, 0.1) is 12.2 Å². The molecule has 0 unspecified atom stereocenters. The summed E-state index contributed by atoms with van der Waals surface area (Å²) >= 11 is 0. The maximum absolute atomic E-state index is 12.7. The quantitative estimate of drug-likeness (QED) is 0.632. The van der Waals surface area contributed by atoms with Crippen LogP contribution in [0.25, 0.3) is 6.08 Å². The van der Waals surface area contributed by atoms with Gasteiger partial charge in [-0.15, -0.1) is 0 Å². The standard InChI is InChI=1S/C21H22F3NO2/c1-2-27-20(26)12-11-17-7-4-10-19(15-17)25-13-5-8-16-6-3-9-18(14-16)21(22,23)24/h3-10,14-15,25H,2,11-13H2,1H3. The van der Waals surface area contributed by atoms with Gasteiger partial charge in [-0.25, -0.2) is 0 Å². The molecule has 0 aliphatic heterocycles. The van der Waals surface area contributed by atoms with E-state index in [1.165, 1.54) is 6.07 Å². The minimum absolute atomic E-state index is 0.222. The maximum Gasteiger partial charge on any atom is 0.416 e. The van der Waals surface area contributed by atoms with Gasteiger partial charge in [0.25, 0.3) is 0 Å². The van der Waals surface area contributed by atoms with Crippen LogP contribution in [0.1, 0.15) is 30.0 Å². The smallest absolute Gasteiger partial charge is 0.416 e. The molecule has 0 amide bonds. The van der Waals surface area contributed by atoms with Gasteiger partial charge in [0.2, 0.25) is 0 Å². The Hall–Kier alpha value is -2.76. The van der Waals surface area contributed by atoms with E-state index in [1.54, 1.807) is 25.1 Å². The van der Waals surface area contributed by atoms with Crippen LogP contribution in [0.15, 0.2) is 54.6 Å². The first-order valence-electron chi connectivity index (χ1n) is 8.70. The first-order chi connectivity index (χ1) is 12.9. The molecule has 0 saturated heterocycles. The third kappa shape index (κ3) is 7.17. The molecule has 0 aliphatic carbocycles. The largest absolute Gasteiger partial charge is 0.466 e. The van der Waals surface area contributed by atoms with Gasteiger partial charge in [-0.3, -0.25) is 4.79 Å². The van der Waals surface area contributed by atoms with Crippen LogP contribution in [0.2, 0.25) is 0 Å². The molecule has 144 valence electrons. The Balaban J connectivity index is 1.87. The van der Waals surface area contributed by atoms with E-state index >= 15 is 0 Å². The molecule has 0 aromatic heterocycles. The number of rotatable bonds is 8.